The molecule has 0 radical (unpaired) electrons. The molecule has 1 N–H and O–H groups in total. The molecule has 2 aromatic heterocycles. The van der Waals surface area contributed by atoms with Crippen molar-refractivity contribution in [3.8, 4) is 10.6 Å². The summed E-state index contributed by atoms with van der Waals surface area (Å²) in [6, 6.07) is 3.21. The first-order valence-corrected chi connectivity index (χ1v) is 11.0. The fraction of sp³-hybridized carbons (Fsp3) is 0.500. The summed E-state index contributed by atoms with van der Waals surface area (Å²) in [4.78, 5) is 25.6. The van der Waals surface area contributed by atoms with Crippen molar-refractivity contribution in [2.45, 2.75) is 38.6 Å². The Morgan fingerprint density at radius 3 is 2.59 bits per heavy atom. The van der Waals surface area contributed by atoms with Gasteiger partial charge in [-0.05, 0) is 50.5 Å². The predicted molar refractivity (Wildman–Crippen MR) is 107 cm³/mol. The van der Waals surface area contributed by atoms with Gasteiger partial charge < -0.3 is 10.1 Å². The molecule has 6 nitrogen and oxygen atoms in total. The second kappa shape index (κ2) is 9.66. The molecule has 0 fully saturated rings. The van der Waals surface area contributed by atoms with Crippen molar-refractivity contribution < 1.29 is 27.5 Å². The molecule has 1 unspecified atom stereocenters. The van der Waals surface area contributed by atoms with Gasteiger partial charge in [0.05, 0.1) is 21.6 Å². The van der Waals surface area contributed by atoms with E-state index in [-0.39, 0.29) is 16.7 Å². The Bertz CT molecular complexity index is 862. The summed E-state index contributed by atoms with van der Waals surface area (Å²) in [5, 5.41) is 6.14. The maximum absolute atomic E-state index is 12.9. The molecule has 2 aromatic rings. The molecule has 0 spiro atoms. The Balaban J connectivity index is 2.17. The minimum absolute atomic E-state index is 0.250. The van der Waals surface area contributed by atoms with Crippen molar-refractivity contribution in [3.63, 3.8) is 0 Å². The number of aryl methyl sites for hydroxylation is 1. The van der Waals surface area contributed by atoms with Gasteiger partial charge >= 0.3 is 12.1 Å². The summed E-state index contributed by atoms with van der Waals surface area (Å²) in [6.07, 6.45) is -2.55. The molecular weight excluding hydrogens is 427 g/mol. The van der Waals surface area contributed by atoms with Gasteiger partial charge in [-0.25, -0.2) is 4.79 Å². The zero-order chi connectivity index (χ0) is 21.8. The molecular formula is C18H22F3N3O3S2. The van der Waals surface area contributed by atoms with Crippen LogP contribution in [-0.4, -0.2) is 45.8 Å². The minimum atomic E-state index is -4.55. The van der Waals surface area contributed by atoms with Crippen LogP contribution in [0.15, 0.2) is 18.2 Å². The first kappa shape index (κ1) is 23.3. The third-order valence-electron chi connectivity index (χ3n) is 3.80. The predicted octanol–water partition coefficient (Wildman–Crippen LogP) is 3.97. The molecule has 0 bridgehead atoms. The van der Waals surface area contributed by atoms with E-state index in [1.165, 1.54) is 24.9 Å². The number of thioether (sulfide) groups is 1. The standard InChI is InChI=1S/C18H22F3N3O3S2/c1-10(2)27-17(26)11(7-8-28-4)22-16(25)14-6-5-13(29-14)12-9-15(18(19,20)21)23-24(12)3/h5-6,9-11H,7-8H2,1-4H3,(H,22,25). The molecule has 0 aromatic carbocycles. The van der Waals surface area contributed by atoms with Crippen LogP contribution in [0.4, 0.5) is 13.2 Å². The first-order chi connectivity index (χ1) is 13.5. The number of aromatic nitrogens is 2. The Labute approximate surface area is 174 Å². The van der Waals surface area contributed by atoms with Crippen LogP contribution in [0.3, 0.4) is 0 Å². The number of carbonyl (C=O) groups excluding carboxylic acids is 2. The summed E-state index contributed by atoms with van der Waals surface area (Å²) in [5.41, 5.74) is -0.748. The zero-order valence-corrected chi connectivity index (χ0v) is 18.0. The topological polar surface area (TPSA) is 73.2 Å². The summed E-state index contributed by atoms with van der Waals surface area (Å²) >= 11 is 2.56. The largest absolute Gasteiger partial charge is 0.461 e. The number of esters is 1. The van der Waals surface area contributed by atoms with E-state index in [4.69, 9.17) is 4.74 Å². The number of alkyl halides is 3. The lowest BCUT2D eigenvalue weighted by molar-refractivity contribution is -0.149. The second-order valence-electron chi connectivity index (χ2n) is 6.49. The number of ether oxygens (including phenoxy) is 1. The van der Waals surface area contributed by atoms with E-state index in [0.717, 1.165) is 22.1 Å². The van der Waals surface area contributed by atoms with Crippen molar-refractivity contribution >= 4 is 35.0 Å². The number of hydrogen-bond acceptors (Lipinski definition) is 6. The van der Waals surface area contributed by atoms with E-state index in [2.05, 4.69) is 10.4 Å². The molecule has 0 aliphatic rings. The second-order valence-corrected chi connectivity index (χ2v) is 8.56. The summed E-state index contributed by atoms with van der Waals surface area (Å²) in [6.45, 7) is 3.44. The van der Waals surface area contributed by atoms with Gasteiger partial charge in [0.15, 0.2) is 5.69 Å². The highest BCUT2D eigenvalue weighted by molar-refractivity contribution is 7.98. The molecule has 29 heavy (non-hydrogen) atoms. The van der Waals surface area contributed by atoms with E-state index in [9.17, 15) is 22.8 Å². The van der Waals surface area contributed by atoms with E-state index in [0.29, 0.717) is 17.1 Å². The van der Waals surface area contributed by atoms with Gasteiger partial charge in [-0.3, -0.25) is 9.48 Å². The Kier molecular flexibility index (Phi) is 7.75. The highest BCUT2D eigenvalue weighted by atomic mass is 32.2. The highest BCUT2D eigenvalue weighted by Crippen LogP contribution is 2.34. The number of nitrogens with one attached hydrogen (secondary N) is 1. The fourth-order valence-electron chi connectivity index (χ4n) is 2.46. The molecule has 11 heteroatoms. The average molecular weight is 450 g/mol. The molecule has 1 atom stereocenters. The van der Waals surface area contributed by atoms with Gasteiger partial charge in [0.1, 0.15) is 6.04 Å². The van der Waals surface area contributed by atoms with Crippen LogP contribution >= 0.6 is 23.1 Å². The van der Waals surface area contributed by atoms with Gasteiger partial charge in [0, 0.05) is 7.05 Å². The quantitative estimate of drug-likeness (QED) is 0.618. The fourth-order valence-corrected chi connectivity index (χ4v) is 3.89. The Morgan fingerprint density at radius 2 is 2.03 bits per heavy atom. The third kappa shape index (κ3) is 6.23. The number of hydrogen-bond donors (Lipinski definition) is 1. The monoisotopic (exact) mass is 449 g/mol. The Morgan fingerprint density at radius 1 is 1.34 bits per heavy atom. The molecule has 2 heterocycles. The normalized spacial score (nSPS) is 12.8. The van der Waals surface area contributed by atoms with Crippen molar-refractivity contribution in [2.75, 3.05) is 12.0 Å². The molecule has 2 rings (SSSR count). The lowest BCUT2D eigenvalue weighted by Gasteiger charge is -2.18. The van der Waals surface area contributed by atoms with E-state index < -0.39 is 29.8 Å². The third-order valence-corrected chi connectivity index (χ3v) is 5.56. The van der Waals surface area contributed by atoms with Crippen LogP contribution in [0.2, 0.25) is 0 Å². The number of nitrogens with zero attached hydrogens (tertiary/aromatic N) is 2. The molecule has 1 amide bonds. The van der Waals surface area contributed by atoms with Crippen LogP contribution in [-0.2, 0) is 22.8 Å². The van der Waals surface area contributed by atoms with Crippen LogP contribution in [0.25, 0.3) is 10.6 Å². The van der Waals surface area contributed by atoms with Gasteiger partial charge in [-0.1, -0.05) is 0 Å². The summed E-state index contributed by atoms with van der Waals surface area (Å²) in [5.74, 6) is -0.338. The number of amides is 1. The van der Waals surface area contributed by atoms with Crippen LogP contribution in [0, 0.1) is 0 Å². The van der Waals surface area contributed by atoms with Gasteiger partial charge in [0.2, 0.25) is 0 Å². The molecule has 0 saturated heterocycles. The highest BCUT2D eigenvalue weighted by Gasteiger charge is 2.35. The molecule has 0 saturated carbocycles. The summed E-state index contributed by atoms with van der Waals surface area (Å²) in [7, 11) is 1.41. The van der Waals surface area contributed by atoms with Gasteiger partial charge in [0.25, 0.3) is 5.91 Å². The van der Waals surface area contributed by atoms with Crippen LogP contribution in [0.1, 0.15) is 35.6 Å². The van der Waals surface area contributed by atoms with Gasteiger partial charge in [-0.2, -0.15) is 30.0 Å². The van der Waals surface area contributed by atoms with Crippen molar-refractivity contribution in [2.24, 2.45) is 7.05 Å². The van der Waals surface area contributed by atoms with E-state index >= 15 is 0 Å². The van der Waals surface area contributed by atoms with E-state index in [1.54, 1.807) is 19.9 Å². The summed E-state index contributed by atoms with van der Waals surface area (Å²) < 4.78 is 44.9. The van der Waals surface area contributed by atoms with E-state index in [1.807, 2.05) is 6.26 Å². The maximum Gasteiger partial charge on any atom is 0.435 e. The molecule has 0 aliphatic heterocycles. The molecule has 160 valence electrons. The Hall–Kier alpha value is -2.01. The SMILES string of the molecule is CSCCC(NC(=O)c1ccc(-c2cc(C(F)(F)F)nn2C)s1)C(=O)OC(C)C. The number of thiophene rings is 1. The first-order valence-electron chi connectivity index (χ1n) is 8.74. The number of rotatable bonds is 8. The average Bonchev–Trinajstić information content (AvgIpc) is 3.23. The van der Waals surface area contributed by atoms with Crippen molar-refractivity contribution in [3.05, 3.63) is 28.8 Å². The van der Waals surface area contributed by atoms with Crippen LogP contribution in [0.5, 0.6) is 0 Å². The zero-order valence-electron chi connectivity index (χ0n) is 16.4. The van der Waals surface area contributed by atoms with Crippen molar-refractivity contribution in [1.29, 1.82) is 0 Å². The molecule has 0 aliphatic carbocycles. The van der Waals surface area contributed by atoms with Gasteiger partial charge in [-0.15, -0.1) is 11.3 Å². The smallest absolute Gasteiger partial charge is 0.435 e. The maximum atomic E-state index is 12.9. The lowest BCUT2D eigenvalue weighted by atomic mass is 10.2. The van der Waals surface area contributed by atoms with Crippen LogP contribution < -0.4 is 5.32 Å². The minimum Gasteiger partial charge on any atom is -0.461 e. The van der Waals surface area contributed by atoms with Crippen molar-refractivity contribution in [1.82, 2.24) is 15.1 Å². The number of carbonyl (C=O) groups is 2. The number of halogens is 3. The lowest BCUT2D eigenvalue weighted by Crippen LogP contribution is -2.42.